The molecule has 0 atom stereocenters. The highest BCUT2D eigenvalue weighted by Gasteiger charge is 2.00. The lowest BCUT2D eigenvalue weighted by Crippen LogP contribution is -1.85. The molecule has 0 aliphatic rings. The third-order valence-corrected chi connectivity index (χ3v) is 4.42. The summed E-state index contributed by atoms with van der Waals surface area (Å²) < 4.78 is 0. The lowest BCUT2D eigenvalue weighted by Gasteiger charge is -2.06. The molecule has 0 unspecified atom stereocenters. The van der Waals surface area contributed by atoms with E-state index < -0.39 is 0 Å². The summed E-state index contributed by atoms with van der Waals surface area (Å²) in [6.07, 6.45) is 0. The van der Waals surface area contributed by atoms with E-state index in [9.17, 15) is 0 Å². The van der Waals surface area contributed by atoms with Gasteiger partial charge in [-0.05, 0) is 41.0 Å². The highest BCUT2D eigenvalue weighted by Crippen LogP contribution is 2.27. The fourth-order valence-corrected chi connectivity index (χ4v) is 3.21. The minimum atomic E-state index is 1.03. The molecule has 0 saturated carbocycles. The van der Waals surface area contributed by atoms with E-state index in [-0.39, 0.29) is 0 Å². The number of rotatable bonds is 3. The van der Waals surface area contributed by atoms with Gasteiger partial charge in [0.05, 0.1) is 0 Å². The third kappa shape index (κ3) is 2.82. The van der Waals surface area contributed by atoms with Crippen LogP contribution in [0.15, 0.2) is 71.6 Å². The van der Waals surface area contributed by atoms with E-state index in [1.54, 1.807) is 0 Å². The second-order valence-corrected chi connectivity index (χ2v) is 5.77. The average molecular weight is 264 g/mol. The number of fused-ring (bicyclic) bond motifs is 1. The van der Waals surface area contributed by atoms with Crippen molar-refractivity contribution in [3.05, 3.63) is 77.9 Å². The Hall–Kier alpha value is -1.73. The third-order valence-electron chi connectivity index (χ3n) is 3.38. The monoisotopic (exact) mass is 264 g/mol. The van der Waals surface area contributed by atoms with Gasteiger partial charge in [0, 0.05) is 10.6 Å². The molecule has 0 N–H and O–H groups in total. The van der Waals surface area contributed by atoms with Gasteiger partial charge < -0.3 is 0 Å². The first-order valence-corrected chi connectivity index (χ1v) is 7.47. The molecule has 0 aromatic heterocycles. The van der Waals surface area contributed by atoms with Crippen molar-refractivity contribution in [1.29, 1.82) is 0 Å². The van der Waals surface area contributed by atoms with Crippen molar-refractivity contribution in [2.75, 3.05) is 0 Å². The van der Waals surface area contributed by atoms with E-state index in [0.29, 0.717) is 0 Å². The Kier molecular flexibility index (Phi) is 3.56. The Morgan fingerprint density at radius 2 is 1.53 bits per heavy atom. The SMILES string of the molecule is Cc1ccccc1CSc1ccc2ccccc2c1. The quantitative estimate of drug-likeness (QED) is 0.567. The van der Waals surface area contributed by atoms with Crippen LogP contribution in [0.3, 0.4) is 0 Å². The number of thioether (sulfide) groups is 1. The van der Waals surface area contributed by atoms with Crippen LogP contribution in [0.1, 0.15) is 11.1 Å². The predicted molar refractivity (Wildman–Crippen MR) is 84.7 cm³/mol. The molecule has 0 aliphatic carbocycles. The zero-order valence-corrected chi connectivity index (χ0v) is 11.8. The van der Waals surface area contributed by atoms with Crippen LogP contribution in [0.5, 0.6) is 0 Å². The fourth-order valence-electron chi connectivity index (χ4n) is 2.19. The Bertz CT molecular complexity index is 701. The molecule has 0 radical (unpaired) electrons. The van der Waals surface area contributed by atoms with Gasteiger partial charge in [-0.25, -0.2) is 0 Å². The Balaban J connectivity index is 1.80. The molecule has 94 valence electrons. The van der Waals surface area contributed by atoms with Gasteiger partial charge in [-0.3, -0.25) is 0 Å². The van der Waals surface area contributed by atoms with Crippen LogP contribution in [0.4, 0.5) is 0 Å². The lowest BCUT2D eigenvalue weighted by atomic mass is 10.1. The molecule has 0 amide bonds. The second-order valence-electron chi connectivity index (χ2n) is 4.72. The molecule has 0 fully saturated rings. The summed E-state index contributed by atoms with van der Waals surface area (Å²) in [4.78, 5) is 1.34. The normalized spacial score (nSPS) is 10.8. The first-order valence-electron chi connectivity index (χ1n) is 6.49. The molecule has 0 heterocycles. The van der Waals surface area contributed by atoms with Crippen LogP contribution in [-0.2, 0) is 5.75 Å². The van der Waals surface area contributed by atoms with Crippen molar-refractivity contribution in [3.63, 3.8) is 0 Å². The summed E-state index contributed by atoms with van der Waals surface area (Å²) in [7, 11) is 0. The van der Waals surface area contributed by atoms with Gasteiger partial charge in [0.1, 0.15) is 0 Å². The van der Waals surface area contributed by atoms with Crippen molar-refractivity contribution < 1.29 is 0 Å². The molecule has 3 aromatic rings. The van der Waals surface area contributed by atoms with Crippen LogP contribution in [-0.4, -0.2) is 0 Å². The van der Waals surface area contributed by atoms with E-state index in [1.165, 1.54) is 26.8 Å². The van der Waals surface area contributed by atoms with Gasteiger partial charge in [0.2, 0.25) is 0 Å². The topological polar surface area (TPSA) is 0 Å². The summed E-state index contributed by atoms with van der Waals surface area (Å²) >= 11 is 1.90. The smallest absolute Gasteiger partial charge is 0.0234 e. The Labute approximate surface area is 118 Å². The highest BCUT2D eigenvalue weighted by molar-refractivity contribution is 7.98. The molecule has 3 rings (SSSR count). The van der Waals surface area contributed by atoms with Gasteiger partial charge in [-0.15, -0.1) is 11.8 Å². The highest BCUT2D eigenvalue weighted by atomic mass is 32.2. The van der Waals surface area contributed by atoms with Crippen LogP contribution < -0.4 is 0 Å². The van der Waals surface area contributed by atoms with Crippen LogP contribution >= 0.6 is 11.8 Å². The molecule has 19 heavy (non-hydrogen) atoms. The van der Waals surface area contributed by atoms with Crippen molar-refractivity contribution >= 4 is 22.5 Å². The van der Waals surface area contributed by atoms with Gasteiger partial charge in [0.15, 0.2) is 0 Å². The van der Waals surface area contributed by atoms with Crippen molar-refractivity contribution in [2.45, 2.75) is 17.6 Å². The molecule has 0 aliphatic heterocycles. The molecular formula is C18H16S. The largest absolute Gasteiger partial charge is 0.121 e. The van der Waals surface area contributed by atoms with E-state index in [1.807, 2.05) is 11.8 Å². The zero-order chi connectivity index (χ0) is 13.1. The zero-order valence-electron chi connectivity index (χ0n) is 11.0. The average Bonchev–Trinajstić information content (AvgIpc) is 2.46. The molecule has 0 bridgehead atoms. The predicted octanol–water partition coefficient (Wildman–Crippen LogP) is 5.44. The minimum Gasteiger partial charge on any atom is -0.121 e. The van der Waals surface area contributed by atoms with E-state index in [4.69, 9.17) is 0 Å². The number of benzene rings is 3. The Morgan fingerprint density at radius 3 is 2.37 bits per heavy atom. The fraction of sp³-hybridized carbons (Fsp3) is 0.111. The van der Waals surface area contributed by atoms with Gasteiger partial charge >= 0.3 is 0 Å². The van der Waals surface area contributed by atoms with Crippen LogP contribution in [0.25, 0.3) is 10.8 Å². The van der Waals surface area contributed by atoms with Crippen molar-refractivity contribution in [1.82, 2.24) is 0 Å². The maximum absolute atomic E-state index is 2.28. The van der Waals surface area contributed by atoms with Gasteiger partial charge in [0.25, 0.3) is 0 Å². The van der Waals surface area contributed by atoms with Crippen molar-refractivity contribution in [2.24, 2.45) is 0 Å². The second kappa shape index (κ2) is 5.50. The molecule has 3 aromatic carbocycles. The van der Waals surface area contributed by atoms with E-state index >= 15 is 0 Å². The summed E-state index contributed by atoms with van der Waals surface area (Å²) in [5.41, 5.74) is 2.79. The summed E-state index contributed by atoms with van der Waals surface area (Å²) in [5.74, 6) is 1.03. The number of hydrogen-bond acceptors (Lipinski definition) is 1. The Morgan fingerprint density at radius 1 is 0.789 bits per heavy atom. The first-order chi connectivity index (χ1) is 9.33. The first kappa shape index (κ1) is 12.3. The maximum atomic E-state index is 2.28. The van der Waals surface area contributed by atoms with E-state index in [2.05, 4.69) is 73.7 Å². The maximum Gasteiger partial charge on any atom is 0.0234 e. The standard InChI is InChI=1S/C18H16S/c1-14-6-2-3-9-17(14)13-19-18-11-10-15-7-4-5-8-16(15)12-18/h2-12H,13H2,1H3. The number of aryl methyl sites for hydroxylation is 1. The van der Waals surface area contributed by atoms with Gasteiger partial charge in [-0.1, -0.05) is 54.6 Å². The van der Waals surface area contributed by atoms with Crippen LogP contribution in [0.2, 0.25) is 0 Å². The van der Waals surface area contributed by atoms with Crippen LogP contribution in [0, 0.1) is 6.92 Å². The summed E-state index contributed by atoms with van der Waals surface area (Å²) in [6, 6.07) is 23.8. The van der Waals surface area contributed by atoms with Crippen molar-refractivity contribution in [3.8, 4) is 0 Å². The molecule has 0 nitrogen and oxygen atoms in total. The molecular weight excluding hydrogens is 248 g/mol. The number of hydrogen-bond donors (Lipinski definition) is 0. The molecule has 1 heteroatoms. The van der Waals surface area contributed by atoms with E-state index in [0.717, 1.165) is 5.75 Å². The van der Waals surface area contributed by atoms with Gasteiger partial charge in [-0.2, -0.15) is 0 Å². The molecule has 0 saturated heterocycles. The summed E-state index contributed by atoms with van der Waals surface area (Å²) in [5, 5.41) is 2.63. The lowest BCUT2D eigenvalue weighted by molar-refractivity contribution is 1.30. The summed E-state index contributed by atoms with van der Waals surface area (Å²) in [6.45, 7) is 2.18. The minimum absolute atomic E-state index is 1.03. The molecule has 0 spiro atoms.